The lowest BCUT2D eigenvalue weighted by Crippen LogP contribution is -2.46. The number of ether oxygens (including phenoxy) is 1. The van der Waals surface area contributed by atoms with Gasteiger partial charge in [-0.25, -0.2) is 0 Å². The molecule has 2 atom stereocenters. The Morgan fingerprint density at radius 1 is 1.35 bits per heavy atom. The Morgan fingerprint density at radius 2 is 2.17 bits per heavy atom. The van der Waals surface area contributed by atoms with Gasteiger partial charge in [-0.05, 0) is 12.1 Å². The van der Waals surface area contributed by atoms with Crippen molar-refractivity contribution in [1.29, 1.82) is 0 Å². The fourth-order valence-corrected chi connectivity index (χ4v) is 3.54. The zero-order valence-corrected chi connectivity index (χ0v) is 12.2. The lowest BCUT2D eigenvalue weighted by molar-refractivity contribution is -0.151. The topological polar surface area (TPSA) is 95.5 Å². The maximum absolute atomic E-state index is 12.5. The van der Waals surface area contributed by atoms with E-state index >= 15 is 0 Å². The predicted molar refractivity (Wildman–Crippen MR) is 79.2 cm³/mol. The number of aliphatic carboxylic acids is 1. The van der Waals surface area contributed by atoms with Gasteiger partial charge < -0.3 is 14.7 Å². The zero-order valence-electron chi connectivity index (χ0n) is 12.2. The maximum Gasteiger partial charge on any atom is 0.315 e. The summed E-state index contributed by atoms with van der Waals surface area (Å²) in [4.78, 5) is 26.1. The number of carbonyl (C=O) groups is 2. The van der Waals surface area contributed by atoms with Crippen LogP contribution in [0.4, 0.5) is 0 Å². The van der Waals surface area contributed by atoms with E-state index in [1.54, 1.807) is 11.0 Å². The molecule has 0 bridgehead atoms. The molecule has 1 amide bonds. The number of H-pyrrole nitrogens is 1. The van der Waals surface area contributed by atoms with Crippen LogP contribution in [0.25, 0.3) is 0 Å². The number of aromatic amines is 1. The van der Waals surface area contributed by atoms with Crippen molar-refractivity contribution in [3.8, 4) is 5.75 Å². The van der Waals surface area contributed by atoms with Crippen LogP contribution in [0.1, 0.15) is 22.0 Å². The molecule has 118 valence electrons. The molecule has 0 saturated carbocycles. The van der Waals surface area contributed by atoms with E-state index in [2.05, 4.69) is 10.2 Å². The van der Waals surface area contributed by atoms with Crippen LogP contribution in [0.5, 0.6) is 5.75 Å². The lowest BCUT2D eigenvalue weighted by Gasteiger charge is -2.35. The standard InChI is InChI=1S/C16H15N3O4/c20-14(12-5-6-17-18-12)19-7-11-10-3-1-2-4-13(10)23-9-16(11,8-19)15(21)22/h1-6,11H,7-9H2,(H,17,18)(H,21,22)/t11-,16-/m1/s1. The molecule has 0 unspecified atom stereocenters. The highest BCUT2D eigenvalue weighted by Crippen LogP contribution is 2.49. The molecule has 0 aliphatic carbocycles. The number of likely N-dealkylation sites (tertiary alicyclic amines) is 1. The van der Waals surface area contributed by atoms with Crippen LogP contribution in [-0.4, -0.2) is 51.8 Å². The minimum Gasteiger partial charge on any atom is -0.492 e. The number of aromatic nitrogens is 2. The van der Waals surface area contributed by atoms with Gasteiger partial charge in [-0.2, -0.15) is 5.10 Å². The summed E-state index contributed by atoms with van der Waals surface area (Å²) in [5.41, 5.74) is 0.101. The van der Waals surface area contributed by atoms with Gasteiger partial charge in [0.1, 0.15) is 23.5 Å². The van der Waals surface area contributed by atoms with Gasteiger partial charge in [0.15, 0.2) is 0 Å². The SMILES string of the molecule is O=C(c1ccn[nH]1)N1C[C@@H]2c3ccccc3OC[C@]2(C(=O)O)C1. The average molecular weight is 313 g/mol. The van der Waals surface area contributed by atoms with Gasteiger partial charge in [0.2, 0.25) is 0 Å². The minimum absolute atomic E-state index is 0.0662. The van der Waals surface area contributed by atoms with Crippen molar-refractivity contribution >= 4 is 11.9 Å². The summed E-state index contributed by atoms with van der Waals surface area (Å²) in [6, 6.07) is 9.01. The molecule has 1 fully saturated rings. The molecule has 4 rings (SSSR count). The highest BCUT2D eigenvalue weighted by atomic mass is 16.5. The monoisotopic (exact) mass is 313 g/mol. The van der Waals surface area contributed by atoms with E-state index in [1.807, 2.05) is 24.3 Å². The van der Waals surface area contributed by atoms with Gasteiger partial charge >= 0.3 is 5.97 Å². The summed E-state index contributed by atoms with van der Waals surface area (Å²) in [6.45, 7) is 0.542. The first kappa shape index (κ1) is 13.8. The van der Waals surface area contributed by atoms with Crippen LogP contribution >= 0.6 is 0 Å². The minimum atomic E-state index is -1.11. The molecule has 2 aromatic rings. The third kappa shape index (κ3) is 1.93. The predicted octanol–water partition coefficient (Wildman–Crippen LogP) is 1.11. The normalized spacial score (nSPS) is 25.4. The van der Waals surface area contributed by atoms with Crippen LogP contribution < -0.4 is 4.74 Å². The quantitative estimate of drug-likeness (QED) is 0.866. The second-order valence-corrected chi connectivity index (χ2v) is 6.00. The van der Waals surface area contributed by atoms with Crippen molar-refractivity contribution in [2.45, 2.75) is 5.92 Å². The fourth-order valence-electron chi connectivity index (χ4n) is 3.54. The van der Waals surface area contributed by atoms with Gasteiger partial charge in [-0.1, -0.05) is 18.2 Å². The van der Waals surface area contributed by atoms with E-state index in [1.165, 1.54) is 6.20 Å². The summed E-state index contributed by atoms with van der Waals surface area (Å²) in [7, 11) is 0. The molecule has 3 heterocycles. The van der Waals surface area contributed by atoms with E-state index in [-0.39, 0.29) is 25.0 Å². The first-order valence-corrected chi connectivity index (χ1v) is 7.35. The Hall–Kier alpha value is -2.83. The number of hydrogen-bond donors (Lipinski definition) is 2. The Bertz CT molecular complexity index is 773. The van der Waals surface area contributed by atoms with Crippen LogP contribution in [0, 0.1) is 5.41 Å². The van der Waals surface area contributed by atoms with Crippen molar-refractivity contribution < 1.29 is 19.4 Å². The van der Waals surface area contributed by atoms with E-state index in [4.69, 9.17) is 4.74 Å². The van der Waals surface area contributed by atoms with E-state index in [0.717, 1.165) is 5.56 Å². The third-order valence-corrected chi connectivity index (χ3v) is 4.77. The summed E-state index contributed by atoms with van der Waals surface area (Å²) in [5.74, 6) is -0.756. The molecule has 1 aromatic heterocycles. The summed E-state index contributed by atoms with van der Waals surface area (Å²) < 4.78 is 5.68. The lowest BCUT2D eigenvalue weighted by atomic mass is 9.73. The molecule has 7 heteroatoms. The number of benzene rings is 1. The number of hydrogen-bond acceptors (Lipinski definition) is 4. The summed E-state index contributed by atoms with van der Waals surface area (Å²) >= 11 is 0. The highest BCUT2D eigenvalue weighted by Gasteiger charge is 2.57. The van der Waals surface area contributed by atoms with Gasteiger partial charge in [0.05, 0.1) is 0 Å². The van der Waals surface area contributed by atoms with Crippen LogP contribution in [0.2, 0.25) is 0 Å². The molecule has 2 aliphatic heterocycles. The molecule has 2 N–H and O–H groups in total. The number of carboxylic acids is 1. The van der Waals surface area contributed by atoms with E-state index in [9.17, 15) is 14.7 Å². The Kier molecular flexibility index (Phi) is 2.90. The molecular formula is C16H15N3O4. The first-order chi connectivity index (χ1) is 11.1. The number of fused-ring (bicyclic) bond motifs is 3. The second-order valence-electron chi connectivity index (χ2n) is 6.00. The van der Waals surface area contributed by atoms with Crippen molar-refractivity contribution in [3.05, 3.63) is 47.8 Å². The van der Waals surface area contributed by atoms with Crippen LogP contribution in [0.3, 0.4) is 0 Å². The molecule has 1 aromatic carbocycles. The van der Waals surface area contributed by atoms with Gasteiger partial charge in [-0.15, -0.1) is 0 Å². The molecule has 0 radical (unpaired) electrons. The number of amides is 1. The molecule has 23 heavy (non-hydrogen) atoms. The van der Waals surface area contributed by atoms with E-state index < -0.39 is 11.4 Å². The Balaban J connectivity index is 1.73. The summed E-state index contributed by atoms with van der Waals surface area (Å²) in [6.07, 6.45) is 1.50. The second kappa shape index (κ2) is 4.84. The first-order valence-electron chi connectivity index (χ1n) is 7.35. The Labute approximate surface area is 131 Å². The van der Waals surface area contributed by atoms with Crippen molar-refractivity contribution in [1.82, 2.24) is 15.1 Å². The molecule has 2 aliphatic rings. The third-order valence-electron chi connectivity index (χ3n) is 4.77. The number of para-hydroxylation sites is 1. The maximum atomic E-state index is 12.5. The summed E-state index contributed by atoms with van der Waals surface area (Å²) in [5, 5.41) is 16.2. The van der Waals surface area contributed by atoms with Gasteiger partial charge in [-0.3, -0.25) is 14.7 Å². The van der Waals surface area contributed by atoms with Crippen molar-refractivity contribution in [3.63, 3.8) is 0 Å². The largest absolute Gasteiger partial charge is 0.492 e. The molecular weight excluding hydrogens is 298 g/mol. The molecule has 0 spiro atoms. The fraction of sp³-hybridized carbons (Fsp3) is 0.312. The number of carboxylic acid groups (broad SMARTS) is 1. The van der Waals surface area contributed by atoms with Crippen LogP contribution in [-0.2, 0) is 4.79 Å². The zero-order chi connectivity index (χ0) is 16.0. The highest BCUT2D eigenvalue weighted by molar-refractivity contribution is 5.93. The van der Waals surface area contributed by atoms with Crippen molar-refractivity contribution in [2.75, 3.05) is 19.7 Å². The van der Waals surface area contributed by atoms with Crippen molar-refractivity contribution in [2.24, 2.45) is 5.41 Å². The molecule has 1 saturated heterocycles. The average Bonchev–Trinajstić information content (AvgIpc) is 3.22. The van der Waals surface area contributed by atoms with E-state index in [0.29, 0.717) is 18.0 Å². The van der Waals surface area contributed by atoms with Gasteiger partial charge in [0, 0.05) is 30.8 Å². The van der Waals surface area contributed by atoms with Gasteiger partial charge in [0.25, 0.3) is 5.91 Å². The number of carbonyl (C=O) groups excluding carboxylic acids is 1. The molecule has 7 nitrogen and oxygen atoms in total. The van der Waals surface area contributed by atoms with Crippen LogP contribution in [0.15, 0.2) is 36.5 Å². The number of nitrogens with zero attached hydrogens (tertiary/aromatic N) is 2. The number of rotatable bonds is 2. The Morgan fingerprint density at radius 3 is 2.91 bits per heavy atom. The number of nitrogens with one attached hydrogen (secondary N) is 1. The smallest absolute Gasteiger partial charge is 0.315 e.